The summed E-state index contributed by atoms with van der Waals surface area (Å²) < 4.78 is 13.1. The molecule has 2 aliphatic rings. The van der Waals surface area contributed by atoms with Crippen molar-refractivity contribution in [3.05, 3.63) is 98.9 Å². The molecule has 1 fully saturated rings. The van der Waals surface area contributed by atoms with Gasteiger partial charge < -0.3 is 9.47 Å². The summed E-state index contributed by atoms with van der Waals surface area (Å²) in [5.74, 6) is 1.25. The molecular weight excluding hydrogens is 524 g/mol. The second kappa shape index (κ2) is 15.3. The smallest absolute Gasteiger partial charge is 0.261 e. The van der Waals surface area contributed by atoms with Gasteiger partial charge in [-0.25, -0.2) is 9.98 Å². The normalized spacial score (nSPS) is 16.5. The van der Waals surface area contributed by atoms with E-state index in [9.17, 15) is 10.1 Å². The summed E-state index contributed by atoms with van der Waals surface area (Å²) in [5.41, 5.74) is 5.93. The van der Waals surface area contributed by atoms with Crippen LogP contribution in [0.4, 0.5) is 0 Å². The third kappa shape index (κ3) is 7.83. The van der Waals surface area contributed by atoms with Crippen LogP contribution in [-0.2, 0) is 22.3 Å². The minimum atomic E-state index is -0.0452. The Balaban J connectivity index is 1.65. The molecule has 2 heterocycles. The number of unbranched alkanes of at least 4 members (excludes halogenated alkanes) is 1. The Kier molecular flexibility index (Phi) is 11.2. The van der Waals surface area contributed by atoms with Gasteiger partial charge in [0, 0.05) is 37.4 Å². The number of aliphatic imine (C=N–C) groups is 1. The van der Waals surface area contributed by atoms with Crippen molar-refractivity contribution in [3.8, 4) is 6.07 Å². The molecule has 1 aromatic heterocycles. The van der Waals surface area contributed by atoms with Crippen molar-refractivity contribution in [2.75, 3.05) is 13.2 Å². The maximum atomic E-state index is 14.1. The van der Waals surface area contributed by atoms with Crippen molar-refractivity contribution >= 4 is 17.2 Å². The van der Waals surface area contributed by atoms with Crippen molar-refractivity contribution in [2.45, 2.75) is 85.2 Å². The first-order valence-corrected chi connectivity index (χ1v) is 15.1. The number of allylic oxidation sites excluding steroid dienone is 7. The van der Waals surface area contributed by atoms with Gasteiger partial charge in [-0.15, -0.1) is 0 Å². The van der Waals surface area contributed by atoms with Gasteiger partial charge in [-0.05, 0) is 55.4 Å². The van der Waals surface area contributed by atoms with E-state index in [4.69, 9.17) is 14.5 Å². The van der Waals surface area contributed by atoms with E-state index in [2.05, 4.69) is 36.2 Å². The molecule has 2 aromatic rings. The van der Waals surface area contributed by atoms with Gasteiger partial charge in [-0.2, -0.15) is 5.26 Å². The average molecular weight is 567 g/mol. The van der Waals surface area contributed by atoms with Crippen molar-refractivity contribution < 1.29 is 9.47 Å². The summed E-state index contributed by atoms with van der Waals surface area (Å²) in [6.07, 6.45) is 16.1. The largest absolute Gasteiger partial charge is 0.477 e. The van der Waals surface area contributed by atoms with Crippen LogP contribution >= 0.6 is 0 Å². The first-order chi connectivity index (χ1) is 20.4. The predicted molar refractivity (Wildman–Crippen MR) is 169 cm³/mol. The molecular formula is C35H42N4O3. The standard InChI is InChI=1S/C35H42N4O3/c1-5-7-13-34-33(22-27-14-16-28(17-15-27)32-12-10-8-9-11-29(32)23-36)35(40)39(25(3)38-34)30(6-2)24-37-26(4)42-31-18-20-41-21-19-31/h8-9,11-12,14-17,24,31H,5-7,10,13,18-22H2,1-4H3/b30-24+,37-26?. The van der Waals surface area contributed by atoms with Crippen LogP contribution in [0, 0.1) is 18.3 Å². The average Bonchev–Trinajstić information content (AvgIpc) is 3.26. The highest BCUT2D eigenvalue weighted by Gasteiger charge is 2.18. The van der Waals surface area contributed by atoms with E-state index in [0.29, 0.717) is 43.4 Å². The van der Waals surface area contributed by atoms with E-state index in [1.54, 1.807) is 10.8 Å². The summed E-state index contributed by atoms with van der Waals surface area (Å²) in [7, 11) is 0. The zero-order valence-electron chi connectivity index (χ0n) is 25.4. The van der Waals surface area contributed by atoms with Crippen molar-refractivity contribution in [2.24, 2.45) is 4.99 Å². The molecule has 0 bridgehead atoms. The summed E-state index contributed by atoms with van der Waals surface area (Å²) in [6.45, 7) is 9.33. The zero-order valence-corrected chi connectivity index (χ0v) is 25.4. The SMILES string of the molecule is CCCCc1nc(C)n(/C(=C/N=C(C)OC2CCOCC2)CC)c(=O)c1Cc1ccc(C2=CCC=CC=C2C#N)cc1. The van der Waals surface area contributed by atoms with Gasteiger partial charge in [0.25, 0.3) is 5.56 Å². The lowest BCUT2D eigenvalue weighted by Crippen LogP contribution is -2.29. The van der Waals surface area contributed by atoms with E-state index in [-0.39, 0.29) is 11.7 Å². The Bertz CT molecular complexity index is 1490. The highest BCUT2D eigenvalue weighted by Crippen LogP contribution is 2.26. The highest BCUT2D eigenvalue weighted by atomic mass is 16.5. The van der Waals surface area contributed by atoms with Crippen molar-refractivity contribution in [1.29, 1.82) is 5.26 Å². The maximum Gasteiger partial charge on any atom is 0.261 e. The molecule has 7 heteroatoms. The Morgan fingerprint density at radius 1 is 1.24 bits per heavy atom. The number of rotatable bonds is 10. The number of aryl methyl sites for hydroxylation is 2. The number of benzene rings is 1. The fraction of sp³-hybridized carbons (Fsp3) is 0.429. The Hall–Kier alpha value is -4.02. The molecule has 220 valence electrons. The lowest BCUT2D eigenvalue weighted by Gasteiger charge is -2.22. The van der Waals surface area contributed by atoms with E-state index < -0.39 is 0 Å². The van der Waals surface area contributed by atoms with Crippen molar-refractivity contribution in [3.63, 3.8) is 0 Å². The van der Waals surface area contributed by atoms with Gasteiger partial charge >= 0.3 is 0 Å². The molecule has 42 heavy (non-hydrogen) atoms. The van der Waals surface area contributed by atoms with E-state index in [0.717, 1.165) is 72.2 Å². The summed E-state index contributed by atoms with van der Waals surface area (Å²) >= 11 is 0. The topological polar surface area (TPSA) is 89.5 Å². The first-order valence-electron chi connectivity index (χ1n) is 15.1. The fourth-order valence-electron chi connectivity index (χ4n) is 5.33. The molecule has 0 spiro atoms. The van der Waals surface area contributed by atoms with Crippen LogP contribution in [0.3, 0.4) is 0 Å². The van der Waals surface area contributed by atoms with Gasteiger partial charge in [-0.3, -0.25) is 9.36 Å². The summed E-state index contributed by atoms with van der Waals surface area (Å²) in [6, 6.07) is 10.5. The molecule has 1 aliphatic carbocycles. The first kappa shape index (κ1) is 30.9. The van der Waals surface area contributed by atoms with E-state index in [1.807, 2.05) is 51.1 Å². The summed E-state index contributed by atoms with van der Waals surface area (Å²) in [4.78, 5) is 23.6. The molecule has 0 atom stereocenters. The van der Waals surface area contributed by atoms with Crippen LogP contribution < -0.4 is 5.56 Å². The van der Waals surface area contributed by atoms with Crippen LogP contribution in [0.5, 0.6) is 0 Å². The molecule has 1 saturated heterocycles. The van der Waals surface area contributed by atoms with Crippen LogP contribution in [0.15, 0.2) is 70.1 Å². The molecule has 7 nitrogen and oxygen atoms in total. The third-order valence-corrected chi connectivity index (χ3v) is 7.66. The number of nitrogens with zero attached hydrogens (tertiary/aromatic N) is 4. The molecule has 1 aromatic carbocycles. The fourth-order valence-corrected chi connectivity index (χ4v) is 5.33. The van der Waals surface area contributed by atoms with Crippen LogP contribution in [0.25, 0.3) is 11.3 Å². The maximum absolute atomic E-state index is 14.1. The van der Waals surface area contributed by atoms with Gasteiger partial charge in [-0.1, -0.05) is 62.8 Å². The quantitative estimate of drug-likeness (QED) is 0.226. The molecule has 0 amide bonds. The lowest BCUT2D eigenvalue weighted by molar-refractivity contribution is 0.0200. The number of hydrogen-bond acceptors (Lipinski definition) is 6. The Labute approximate surface area is 249 Å². The van der Waals surface area contributed by atoms with E-state index >= 15 is 0 Å². The minimum absolute atomic E-state index is 0.0452. The van der Waals surface area contributed by atoms with Gasteiger partial charge in [0.1, 0.15) is 11.9 Å². The molecule has 0 N–H and O–H groups in total. The predicted octanol–water partition coefficient (Wildman–Crippen LogP) is 7.10. The van der Waals surface area contributed by atoms with Gasteiger partial charge in [0.2, 0.25) is 0 Å². The monoisotopic (exact) mass is 566 g/mol. The van der Waals surface area contributed by atoms with Crippen LogP contribution in [-0.4, -0.2) is 34.8 Å². The zero-order chi connectivity index (χ0) is 29.9. The second-order valence-electron chi connectivity index (χ2n) is 10.7. The molecule has 0 saturated carbocycles. The lowest BCUT2D eigenvalue weighted by atomic mass is 9.95. The number of ether oxygens (including phenoxy) is 2. The minimum Gasteiger partial charge on any atom is -0.477 e. The van der Waals surface area contributed by atoms with Crippen LogP contribution in [0.1, 0.15) is 87.5 Å². The molecule has 0 radical (unpaired) electrons. The molecule has 1 aliphatic heterocycles. The molecule has 4 rings (SSSR count). The Morgan fingerprint density at radius 2 is 2.00 bits per heavy atom. The van der Waals surface area contributed by atoms with Crippen LogP contribution in [0.2, 0.25) is 0 Å². The van der Waals surface area contributed by atoms with Gasteiger partial charge in [0.05, 0.1) is 36.7 Å². The number of hydrogen-bond donors (Lipinski definition) is 0. The second-order valence-corrected chi connectivity index (χ2v) is 10.7. The van der Waals surface area contributed by atoms with Gasteiger partial charge in [0.15, 0.2) is 5.90 Å². The number of aromatic nitrogens is 2. The highest BCUT2D eigenvalue weighted by molar-refractivity contribution is 5.83. The number of nitriles is 1. The summed E-state index contributed by atoms with van der Waals surface area (Å²) in [5, 5.41) is 9.62. The molecule has 0 unspecified atom stereocenters. The van der Waals surface area contributed by atoms with E-state index in [1.165, 1.54) is 0 Å². The Morgan fingerprint density at radius 3 is 2.69 bits per heavy atom. The van der Waals surface area contributed by atoms with Crippen molar-refractivity contribution in [1.82, 2.24) is 9.55 Å². The third-order valence-electron chi connectivity index (χ3n) is 7.66.